The Balaban J connectivity index is 2.24. The van der Waals surface area contributed by atoms with Crippen molar-refractivity contribution in [2.75, 3.05) is 6.54 Å². The molecule has 1 unspecified atom stereocenters. The molecule has 0 amide bonds. The van der Waals surface area contributed by atoms with Crippen LogP contribution < -0.4 is 5.32 Å². The van der Waals surface area contributed by atoms with Crippen LogP contribution in [0.5, 0.6) is 0 Å². The predicted molar refractivity (Wildman–Crippen MR) is 64.7 cm³/mol. The first kappa shape index (κ1) is 12.5. The standard InChI is InChI=1S/C14H19F2N/c1-2-17-14(10-5-3-4-6-10)12-8-7-11(15)9-13(12)16/h7-10,14,17H,2-6H2,1H3. The van der Waals surface area contributed by atoms with Gasteiger partial charge < -0.3 is 5.32 Å². The molecule has 0 aromatic heterocycles. The highest BCUT2D eigenvalue weighted by molar-refractivity contribution is 5.23. The summed E-state index contributed by atoms with van der Waals surface area (Å²) < 4.78 is 26.7. The first-order valence-corrected chi connectivity index (χ1v) is 6.40. The Morgan fingerprint density at radius 1 is 1.29 bits per heavy atom. The van der Waals surface area contributed by atoms with Crippen LogP contribution in [-0.4, -0.2) is 6.54 Å². The summed E-state index contributed by atoms with van der Waals surface area (Å²) in [5.41, 5.74) is 0.611. The maximum atomic E-state index is 13.8. The molecule has 1 aliphatic rings. The second-order valence-corrected chi connectivity index (χ2v) is 4.75. The molecule has 0 spiro atoms. The highest BCUT2D eigenvalue weighted by atomic mass is 19.1. The second kappa shape index (κ2) is 5.58. The fourth-order valence-electron chi connectivity index (χ4n) is 2.79. The number of nitrogens with one attached hydrogen (secondary N) is 1. The van der Waals surface area contributed by atoms with Gasteiger partial charge in [-0.15, -0.1) is 0 Å². The van der Waals surface area contributed by atoms with Crippen molar-refractivity contribution in [1.29, 1.82) is 0 Å². The van der Waals surface area contributed by atoms with Crippen LogP contribution >= 0.6 is 0 Å². The predicted octanol–water partition coefficient (Wildman–Crippen LogP) is 3.81. The minimum absolute atomic E-state index is 0.0306. The molecule has 0 saturated heterocycles. The van der Waals surface area contributed by atoms with Gasteiger partial charge in [0, 0.05) is 17.7 Å². The van der Waals surface area contributed by atoms with E-state index in [1.165, 1.54) is 18.9 Å². The van der Waals surface area contributed by atoms with Gasteiger partial charge in [-0.25, -0.2) is 8.78 Å². The molecule has 1 aromatic rings. The average Bonchev–Trinajstić information content (AvgIpc) is 2.80. The van der Waals surface area contributed by atoms with Gasteiger partial charge >= 0.3 is 0 Å². The quantitative estimate of drug-likeness (QED) is 0.842. The van der Waals surface area contributed by atoms with Crippen LogP contribution in [-0.2, 0) is 0 Å². The van der Waals surface area contributed by atoms with Gasteiger partial charge in [0.25, 0.3) is 0 Å². The zero-order valence-corrected chi connectivity index (χ0v) is 10.2. The molecule has 17 heavy (non-hydrogen) atoms. The summed E-state index contributed by atoms with van der Waals surface area (Å²) in [4.78, 5) is 0. The maximum Gasteiger partial charge on any atom is 0.130 e. The van der Waals surface area contributed by atoms with Crippen LogP contribution in [0.4, 0.5) is 8.78 Å². The zero-order valence-electron chi connectivity index (χ0n) is 10.2. The van der Waals surface area contributed by atoms with Gasteiger partial charge in [0.2, 0.25) is 0 Å². The fraction of sp³-hybridized carbons (Fsp3) is 0.571. The van der Waals surface area contributed by atoms with Crippen LogP contribution in [0.15, 0.2) is 18.2 Å². The molecule has 1 N–H and O–H groups in total. The monoisotopic (exact) mass is 239 g/mol. The van der Waals surface area contributed by atoms with E-state index >= 15 is 0 Å². The van der Waals surface area contributed by atoms with E-state index in [1.807, 2.05) is 6.92 Å². The molecule has 1 nitrogen and oxygen atoms in total. The second-order valence-electron chi connectivity index (χ2n) is 4.75. The molecule has 0 aliphatic heterocycles. The van der Waals surface area contributed by atoms with Gasteiger partial charge in [0.15, 0.2) is 0 Å². The minimum Gasteiger partial charge on any atom is -0.310 e. The molecule has 0 radical (unpaired) electrons. The Kier molecular flexibility index (Phi) is 4.11. The van der Waals surface area contributed by atoms with Crippen molar-refractivity contribution < 1.29 is 8.78 Å². The molecule has 0 bridgehead atoms. The molecule has 2 rings (SSSR count). The molecule has 1 saturated carbocycles. The average molecular weight is 239 g/mol. The lowest BCUT2D eigenvalue weighted by molar-refractivity contribution is 0.362. The molecular weight excluding hydrogens is 220 g/mol. The maximum absolute atomic E-state index is 13.8. The Bertz CT molecular complexity index is 372. The largest absolute Gasteiger partial charge is 0.310 e. The van der Waals surface area contributed by atoms with Gasteiger partial charge in [0.1, 0.15) is 11.6 Å². The third-order valence-electron chi connectivity index (χ3n) is 3.59. The summed E-state index contributed by atoms with van der Waals surface area (Å²) in [6, 6.07) is 3.94. The topological polar surface area (TPSA) is 12.0 Å². The summed E-state index contributed by atoms with van der Waals surface area (Å²) in [6.07, 6.45) is 4.70. The van der Waals surface area contributed by atoms with E-state index in [9.17, 15) is 8.78 Å². The van der Waals surface area contributed by atoms with E-state index in [4.69, 9.17) is 0 Å². The minimum atomic E-state index is -0.507. The zero-order chi connectivity index (χ0) is 12.3. The lowest BCUT2D eigenvalue weighted by Crippen LogP contribution is -2.27. The third kappa shape index (κ3) is 2.83. The highest BCUT2D eigenvalue weighted by Gasteiger charge is 2.27. The van der Waals surface area contributed by atoms with E-state index < -0.39 is 11.6 Å². The molecule has 1 fully saturated rings. The Labute approximate surface area is 101 Å². The van der Waals surface area contributed by atoms with Crippen LogP contribution in [0.25, 0.3) is 0 Å². The summed E-state index contributed by atoms with van der Waals surface area (Å²) in [7, 11) is 0. The van der Waals surface area contributed by atoms with Gasteiger partial charge in [-0.2, -0.15) is 0 Å². The van der Waals surface area contributed by atoms with E-state index in [-0.39, 0.29) is 6.04 Å². The lowest BCUT2D eigenvalue weighted by Gasteiger charge is -2.25. The van der Waals surface area contributed by atoms with Crippen molar-refractivity contribution >= 4 is 0 Å². The van der Waals surface area contributed by atoms with Gasteiger partial charge in [-0.1, -0.05) is 25.8 Å². The first-order valence-electron chi connectivity index (χ1n) is 6.40. The molecule has 3 heteroatoms. The molecule has 94 valence electrons. The van der Waals surface area contributed by atoms with Crippen molar-refractivity contribution in [2.45, 2.75) is 38.6 Å². The molecular formula is C14H19F2N. The van der Waals surface area contributed by atoms with Gasteiger partial charge in [0.05, 0.1) is 0 Å². The third-order valence-corrected chi connectivity index (χ3v) is 3.59. The van der Waals surface area contributed by atoms with Crippen LogP contribution in [0.3, 0.4) is 0 Å². The Morgan fingerprint density at radius 3 is 2.59 bits per heavy atom. The lowest BCUT2D eigenvalue weighted by atomic mass is 9.91. The molecule has 1 aliphatic carbocycles. The summed E-state index contributed by atoms with van der Waals surface area (Å²) in [5.74, 6) is -0.453. The summed E-state index contributed by atoms with van der Waals surface area (Å²) in [5, 5.41) is 3.34. The normalized spacial score (nSPS) is 18.5. The van der Waals surface area contributed by atoms with Crippen molar-refractivity contribution in [3.05, 3.63) is 35.4 Å². The van der Waals surface area contributed by atoms with Gasteiger partial charge in [-0.05, 0) is 31.4 Å². The van der Waals surface area contributed by atoms with Crippen molar-refractivity contribution in [3.8, 4) is 0 Å². The van der Waals surface area contributed by atoms with Crippen molar-refractivity contribution in [3.63, 3.8) is 0 Å². The molecule has 1 aromatic carbocycles. The Morgan fingerprint density at radius 2 is 2.00 bits per heavy atom. The summed E-state index contributed by atoms with van der Waals surface area (Å²) in [6.45, 7) is 2.82. The van der Waals surface area contributed by atoms with Crippen molar-refractivity contribution in [1.82, 2.24) is 5.32 Å². The van der Waals surface area contributed by atoms with Crippen LogP contribution in [0.1, 0.15) is 44.2 Å². The summed E-state index contributed by atoms with van der Waals surface area (Å²) >= 11 is 0. The van der Waals surface area contributed by atoms with Crippen molar-refractivity contribution in [2.24, 2.45) is 5.92 Å². The SMILES string of the molecule is CCNC(c1ccc(F)cc1F)C1CCCC1. The van der Waals surface area contributed by atoms with E-state index in [2.05, 4.69) is 5.32 Å². The molecule has 0 heterocycles. The number of benzene rings is 1. The number of rotatable bonds is 4. The highest BCUT2D eigenvalue weighted by Crippen LogP contribution is 2.36. The smallest absolute Gasteiger partial charge is 0.130 e. The Hall–Kier alpha value is -0.960. The van der Waals surface area contributed by atoms with E-state index in [1.54, 1.807) is 6.07 Å². The van der Waals surface area contributed by atoms with Crippen LogP contribution in [0.2, 0.25) is 0 Å². The fourth-order valence-corrected chi connectivity index (χ4v) is 2.79. The number of hydrogen-bond donors (Lipinski definition) is 1. The van der Waals surface area contributed by atoms with E-state index in [0.717, 1.165) is 25.5 Å². The van der Waals surface area contributed by atoms with Gasteiger partial charge in [-0.3, -0.25) is 0 Å². The first-order chi connectivity index (χ1) is 8.22. The van der Waals surface area contributed by atoms with E-state index in [0.29, 0.717) is 11.5 Å². The number of halogens is 2. The van der Waals surface area contributed by atoms with Crippen LogP contribution in [0, 0.1) is 17.6 Å². The molecule has 1 atom stereocenters. The number of hydrogen-bond acceptors (Lipinski definition) is 1.